The maximum Gasteiger partial charge on any atom is 0.243 e. The van der Waals surface area contributed by atoms with E-state index in [4.69, 9.17) is 0 Å². The fourth-order valence-electron chi connectivity index (χ4n) is 3.62. The summed E-state index contributed by atoms with van der Waals surface area (Å²) >= 11 is 0. The minimum Gasteiger partial charge on any atom is -0.340 e. The van der Waals surface area contributed by atoms with Crippen molar-refractivity contribution in [2.75, 3.05) is 26.2 Å². The Labute approximate surface area is 176 Å². The molecule has 0 unspecified atom stereocenters. The van der Waals surface area contributed by atoms with Crippen molar-refractivity contribution < 1.29 is 13.2 Å². The number of amides is 1. The Hall–Kier alpha value is -3.03. The number of piperazine rings is 1. The van der Waals surface area contributed by atoms with E-state index in [9.17, 15) is 13.2 Å². The number of carbonyl (C=O) groups is 1. The Morgan fingerprint density at radius 2 is 1.73 bits per heavy atom. The van der Waals surface area contributed by atoms with Gasteiger partial charge >= 0.3 is 0 Å². The summed E-state index contributed by atoms with van der Waals surface area (Å²) in [5.74, 6) is 0.00969. The summed E-state index contributed by atoms with van der Waals surface area (Å²) in [6.45, 7) is 1.36. The summed E-state index contributed by atoms with van der Waals surface area (Å²) < 4.78 is 27.9. The van der Waals surface area contributed by atoms with Crippen LogP contribution in [0.25, 0.3) is 16.8 Å². The Bertz CT molecular complexity index is 1160. The summed E-state index contributed by atoms with van der Waals surface area (Å²) in [7, 11) is -3.64. The molecule has 7 heteroatoms. The van der Waals surface area contributed by atoms with Gasteiger partial charge in [0, 0.05) is 55.8 Å². The Morgan fingerprint density at radius 1 is 0.967 bits per heavy atom. The van der Waals surface area contributed by atoms with Crippen molar-refractivity contribution in [2.45, 2.75) is 11.3 Å². The van der Waals surface area contributed by atoms with Crippen LogP contribution in [0.2, 0.25) is 0 Å². The lowest BCUT2D eigenvalue weighted by Gasteiger charge is -2.34. The lowest BCUT2D eigenvalue weighted by Crippen LogP contribution is -2.50. The van der Waals surface area contributed by atoms with Gasteiger partial charge in [-0.1, -0.05) is 54.6 Å². The first-order valence-corrected chi connectivity index (χ1v) is 11.3. The van der Waals surface area contributed by atoms with Crippen LogP contribution in [0.15, 0.2) is 78.0 Å². The van der Waals surface area contributed by atoms with E-state index in [-0.39, 0.29) is 23.9 Å². The van der Waals surface area contributed by atoms with Gasteiger partial charge in [-0.3, -0.25) is 9.78 Å². The fourth-order valence-corrected chi connectivity index (χ4v) is 5.26. The molecule has 154 valence electrons. The van der Waals surface area contributed by atoms with E-state index < -0.39 is 10.0 Å². The Kier molecular flexibility index (Phi) is 5.92. The first-order chi connectivity index (χ1) is 14.6. The number of carbonyl (C=O) groups excluding carboxylic acids is 1. The van der Waals surface area contributed by atoms with E-state index in [1.165, 1.54) is 4.31 Å². The highest BCUT2D eigenvalue weighted by Crippen LogP contribution is 2.26. The van der Waals surface area contributed by atoms with E-state index >= 15 is 0 Å². The summed E-state index contributed by atoms with van der Waals surface area (Å²) in [6, 6.07) is 16.7. The Morgan fingerprint density at radius 3 is 2.50 bits per heavy atom. The number of hydrogen-bond acceptors (Lipinski definition) is 4. The van der Waals surface area contributed by atoms with Gasteiger partial charge in [-0.25, -0.2) is 8.42 Å². The van der Waals surface area contributed by atoms with Gasteiger partial charge in [0.1, 0.15) is 0 Å². The molecule has 0 radical (unpaired) electrons. The molecule has 1 aromatic heterocycles. The standard InChI is InChI=1S/C23H23N3O3S/c27-23(11-4-8-19-6-2-1-3-7-19)25-14-16-26(17-15-25)30(28,29)22-10-5-9-20-18-24-13-12-21(20)22/h1-10,12-13,18H,11,14-17H2/b8-4+. The fraction of sp³-hybridized carbons (Fsp3) is 0.217. The monoisotopic (exact) mass is 421 g/mol. The van der Waals surface area contributed by atoms with Gasteiger partial charge in [0.2, 0.25) is 15.9 Å². The molecule has 0 atom stereocenters. The lowest BCUT2D eigenvalue weighted by molar-refractivity contribution is -0.131. The normalized spacial score (nSPS) is 15.7. The predicted molar refractivity (Wildman–Crippen MR) is 117 cm³/mol. The van der Waals surface area contributed by atoms with Crippen molar-refractivity contribution in [2.24, 2.45) is 0 Å². The third kappa shape index (κ3) is 4.27. The molecule has 1 saturated heterocycles. The molecule has 2 heterocycles. The first kappa shape index (κ1) is 20.3. The van der Waals surface area contributed by atoms with Crippen LogP contribution in [-0.4, -0.2) is 54.7 Å². The number of nitrogens with zero attached hydrogens (tertiary/aromatic N) is 3. The van der Waals surface area contributed by atoms with Crippen LogP contribution < -0.4 is 0 Å². The molecular weight excluding hydrogens is 398 g/mol. The molecular formula is C23H23N3O3S. The van der Waals surface area contributed by atoms with Crippen LogP contribution >= 0.6 is 0 Å². The minimum atomic E-state index is -3.64. The second-order valence-corrected chi connectivity index (χ2v) is 9.06. The summed E-state index contributed by atoms with van der Waals surface area (Å²) in [4.78, 5) is 18.6. The number of pyridine rings is 1. The van der Waals surface area contributed by atoms with E-state index in [2.05, 4.69) is 4.98 Å². The predicted octanol–water partition coefficient (Wildman–Crippen LogP) is 3.17. The highest BCUT2D eigenvalue weighted by atomic mass is 32.2. The van der Waals surface area contributed by atoms with Crippen molar-refractivity contribution in [3.63, 3.8) is 0 Å². The molecule has 2 aromatic carbocycles. The van der Waals surface area contributed by atoms with Crippen molar-refractivity contribution in [1.82, 2.24) is 14.2 Å². The van der Waals surface area contributed by atoms with Gasteiger partial charge in [-0.2, -0.15) is 4.31 Å². The van der Waals surface area contributed by atoms with Gasteiger partial charge in [-0.05, 0) is 17.7 Å². The van der Waals surface area contributed by atoms with Crippen LogP contribution in [0, 0.1) is 0 Å². The molecule has 0 saturated carbocycles. The average Bonchev–Trinajstić information content (AvgIpc) is 2.79. The SMILES string of the molecule is O=C(C/C=C/c1ccccc1)N1CCN(S(=O)(=O)c2cccc3cnccc23)CC1. The number of hydrogen-bond donors (Lipinski definition) is 0. The highest BCUT2D eigenvalue weighted by molar-refractivity contribution is 7.89. The van der Waals surface area contributed by atoms with Crippen LogP contribution in [-0.2, 0) is 14.8 Å². The lowest BCUT2D eigenvalue weighted by atomic mass is 10.2. The molecule has 6 nitrogen and oxygen atoms in total. The van der Waals surface area contributed by atoms with Gasteiger partial charge in [-0.15, -0.1) is 0 Å². The molecule has 1 fully saturated rings. The number of benzene rings is 2. The molecule has 0 N–H and O–H groups in total. The molecule has 0 spiro atoms. The number of sulfonamides is 1. The van der Waals surface area contributed by atoms with E-state index in [1.54, 1.807) is 35.5 Å². The number of fused-ring (bicyclic) bond motifs is 1. The Balaban J connectivity index is 1.40. The van der Waals surface area contributed by atoms with E-state index in [1.807, 2.05) is 48.6 Å². The van der Waals surface area contributed by atoms with Crippen LogP contribution in [0.4, 0.5) is 0 Å². The molecule has 0 aliphatic carbocycles. The zero-order chi connectivity index (χ0) is 21.0. The number of aromatic nitrogens is 1. The van der Waals surface area contributed by atoms with Gasteiger partial charge in [0.05, 0.1) is 4.90 Å². The zero-order valence-electron chi connectivity index (χ0n) is 16.5. The average molecular weight is 422 g/mol. The topological polar surface area (TPSA) is 70.6 Å². The van der Waals surface area contributed by atoms with E-state index in [0.29, 0.717) is 24.9 Å². The second kappa shape index (κ2) is 8.77. The third-order valence-electron chi connectivity index (χ3n) is 5.25. The van der Waals surface area contributed by atoms with Crippen LogP contribution in [0.1, 0.15) is 12.0 Å². The molecule has 3 aromatic rings. The molecule has 1 aliphatic heterocycles. The van der Waals surface area contributed by atoms with Crippen molar-refractivity contribution in [3.05, 3.63) is 78.6 Å². The van der Waals surface area contributed by atoms with Crippen molar-refractivity contribution >= 4 is 32.8 Å². The van der Waals surface area contributed by atoms with Crippen LogP contribution in [0.5, 0.6) is 0 Å². The highest BCUT2D eigenvalue weighted by Gasteiger charge is 2.30. The maximum atomic E-state index is 13.2. The zero-order valence-corrected chi connectivity index (χ0v) is 17.3. The molecule has 30 heavy (non-hydrogen) atoms. The molecule has 4 rings (SSSR count). The minimum absolute atomic E-state index is 0.00969. The smallest absolute Gasteiger partial charge is 0.243 e. The molecule has 1 amide bonds. The first-order valence-electron chi connectivity index (χ1n) is 9.88. The molecule has 0 bridgehead atoms. The van der Waals surface area contributed by atoms with Gasteiger partial charge < -0.3 is 4.90 Å². The van der Waals surface area contributed by atoms with Gasteiger partial charge in [0.25, 0.3) is 0 Å². The summed E-state index contributed by atoms with van der Waals surface area (Å²) in [6.07, 6.45) is 7.34. The molecule has 1 aliphatic rings. The largest absolute Gasteiger partial charge is 0.340 e. The quantitative estimate of drug-likeness (QED) is 0.634. The summed E-state index contributed by atoms with van der Waals surface area (Å²) in [5.41, 5.74) is 1.05. The van der Waals surface area contributed by atoms with Crippen molar-refractivity contribution in [3.8, 4) is 0 Å². The van der Waals surface area contributed by atoms with Gasteiger partial charge in [0.15, 0.2) is 0 Å². The second-order valence-electron chi connectivity index (χ2n) is 7.16. The summed E-state index contributed by atoms with van der Waals surface area (Å²) in [5, 5.41) is 1.45. The van der Waals surface area contributed by atoms with Crippen molar-refractivity contribution in [1.29, 1.82) is 0 Å². The van der Waals surface area contributed by atoms with Crippen LogP contribution in [0.3, 0.4) is 0 Å². The third-order valence-corrected chi connectivity index (χ3v) is 7.21. The number of rotatable bonds is 5. The van der Waals surface area contributed by atoms with E-state index in [0.717, 1.165) is 10.9 Å². The maximum absolute atomic E-state index is 13.2.